The Kier molecular flexibility index (Phi) is 4.18. The van der Waals surface area contributed by atoms with Gasteiger partial charge in [-0.3, -0.25) is 0 Å². The third-order valence-electron chi connectivity index (χ3n) is 2.24. The first-order valence-corrected chi connectivity index (χ1v) is 4.83. The third-order valence-corrected chi connectivity index (χ3v) is 2.24. The maximum Gasteiger partial charge on any atom is 0.161 e. The van der Waals surface area contributed by atoms with Crippen molar-refractivity contribution in [2.45, 2.75) is 6.42 Å². The second-order valence-electron chi connectivity index (χ2n) is 3.21. The fourth-order valence-electron chi connectivity index (χ4n) is 1.37. The van der Waals surface area contributed by atoms with Gasteiger partial charge in [-0.05, 0) is 36.2 Å². The monoisotopic (exact) mass is 207 g/mol. The number of rotatable bonds is 5. The molecule has 15 heavy (non-hydrogen) atoms. The van der Waals surface area contributed by atoms with Gasteiger partial charge in [-0.1, -0.05) is 12.6 Å². The summed E-state index contributed by atoms with van der Waals surface area (Å²) in [5.74, 6) is 1.44. The number of benzene rings is 1. The van der Waals surface area contributed by atoms with Crippen LogP contribution in [0.4, 0.5) is 0 Å². The highest BCUT2D eigenvalue weighted by atomic mass is 16.5. The van der Waals surface area contributed by atoms with E-state index < -0.39 is 0 Å². The van der Waals surface area contributed by atoms with Crippen LogP contribution in [0.1, 0.15) is 12.0 Å². The maximum atomic E-state index is 5.48. The van der Waals surface area contributed by atoms with E-state index in [0.29, 0.717) is 12.3 Å². The van der Waals surface area contributed by atoms with Gasteiger partial charge in [0.1, 0.15) is 0 Å². The first-order chi connectivity index (χ1) is 7.22. The zero-order chi connectivity index (χ0) is 11.3. The lowest BCUT2D eigenvalue weighted by Gasteiger charge is -2.10. The molecule has 0 bridgehead atoms. The first kappa shape index (κ1) is 11.6. The van der Waals surface area contributed by atoms with E-state index in [2.05, 4.69) is 6.58 Å². The van der Waals surface area contributed by atoms with Gasteiger partial charge in [0.25, 0.3) is 0 Å². The van der Waals surface area contributed by atoms with Gasteiger partial charge in [-0.15, -0.1) is 0 Å². The van der Waals surface area contributed by atoms with Gasteiger partial charge < -0.3 is 15.2 Å². The third kappa shape index (κ3) is 2.73. The predicted molar refractivity (Wildman–Crippen MR) is 62.3 cm³/mol. The van der Waals surface area contributed by atoms with E-state index in [4.69, 9.17) is 15.2 Å². The molecule has 0 spiro atoms. The molecule has 0 aliphatic carbocycles. The highest BCUT2D eigenvalue weighted by molar-refractivity contribution is 5.66. The van der Waals surface area contributed by atoms with Crippen LogP contribution in [0, 0.1) is 0 Å². The summed E-state index contributed by atoms with van der Waals surface area (Å²) < 4.78 is 10.4. The summed E-state index contributed by atoms with van der Waals surface area (Å²) in [6.45, 7) is 4.57. The SMILES string of the molecule is C=C(CCN)c1ccc(OC)c(OC)c1. The van der Waals surface area contributed by atoms with Crippen molar-refractivity contribution < 1.29 is 9.47 Å². The zero-order valence-corrected chi connectivity index (χ0v) is 9.25. The van der Waals surface area contributed by atoms with Gasteiger partial charge in [-0.25, -0.2) is 0 Å². The van der Waals surface area contributed by atoms with E-state index in [1.165, 1.54) is 0 Å². The molecule has 1 aromatic rings. The van der Waals surface area contributed by atoms with Gasteiger partial charge in [0.05, 0.1) is 14.2 Å². The highest BCUT2D eigenvalue weighted by Crippen LogP contribution is 2.30. The van der Waals surface area contributed by atoms with Crippen LogP contribution in [-0.2, 0) is 0 Å². The average Bonchev–Trinajstić information content (AvgIpc) is 2.28. The molecule has 0 fully saturated rings. The van der Waals surface area contributed by atoms with Crippen molar-refractivity contribution in [2.75, 3.05) is 20.8 Å². The molecule has 0 unspecified atom stereocenters. The molecular weight excluding hydrogens is 190 g/mol. The molecule has 0 atom stereocenters. The molecule has 0 aromatic heterocycles. The Bertz CT molecular complexity index is 347. The van der Waals surface area contributed by atoms with Crippen LogP contribution in [0.2, 0.25) is 0 Å². The number of hydrogen-bond acceptors (Lipinski definition) is 3. The fraction of sp³-hybridized carbons (Fsp3) is 0.333. The van der Waals surface area contributed by atoms with Crippen molar-refractivity contribution in [3.63, 3.8) is 0 Å². The van der Waals surface area contributed by atoms with Crippen molar-refractivity contribution in [1.29, 1.82) is 0 Å². The van der Waals surface area contributed by atoms with Gasteiger partial charge in [-0.2, -0.15) is 0 Å². The molecular formula is C12H17NO2. The van der Waals surface area contributed by atoms with Crippen molar-refractivity contribution in [1.82, 2.24) is 0 Å². The lowest BCUT2D eigenvalue weighted by atomic mass is 10.0. The average molecular weight is 207 g/mol. The summed E-state index contributed by atoms with van der Waals surface area (Å²) in [7, 11) is 3.24. The van der Waals surface area contributed by atoms with Crippen LogP contribution in [0.3, 0.4) is 0 Å². The van der Waals surface area contributed by atoms with E-state index in [0.717, 1.165) is 23.3 Å². The van der Waals surface area contributed by atoms with E-state index in [1.807, 2.05) is 18.2 Å². The molecule has 1 aromatic carbocycles. The lowest BCUT2D eigenvalue weighted by Crippen LogP contribution is -1.99. The molecule has 0 saturated carbocycles. The molecule has 0 amide bonds. The van der Waals surface area contributed by atoms with Crippen molar-refractivity contribution >= 4 is 5.57 Å². The summed E-state index contributed by atoms with van der Waals surface area (Å²) in [4.78, 5) is 0. The predicted octanol–water partition coefficient (Wildman–Crippen LogP) is 2.07. The van der Waals surface area contributed by atoms with Crippen molar-refractivity contribution in [3.05, 3.63) is 30.3 Å². The molecule has 0 saturated heterocycles. The van der Waals surface area contributed by atoms with Crippen LogP contribution in [0.5, 0.6) is 11.5 Å². The Labute approximate surface area is 90.5 Å². The van der Waals surface area contributed by atoms with Crippen molar-refractivity contribution in [2.24, 2.45) is 5.73 Å². The number of ether oxygens (including phenoxy) is 2. The molecule has 0 aliphatic heterocycles. The van der Waals surface area contributed by atoms with Gasteiger partial charge in [0.2, 0.25) is 0 Å². The van der Waals surface area contributed by atoms with Gasteiger partial charge in [0.15, 0.2) is 11.5 Å². The smallest absolute Gasteiger partial charge is 0.161 e. The largest absolute Gasteiger partial charge is 0.493 e. The van der Waals surface area contributed by atoms with Crippen LogP contribution < -0.4 is 15.2 Å². The fourth-order valence-corrected chi connectivity index (χ4v) is 1.37. The Balaban J connectivity index is 2.97. The van der Waals surface area contributed by atoms with E-state index in [9.17, 15) is 0 Å². The summed E-state index contributed by atoms with van der Waals surface area (Å²) in [6.07, 6.45) is 0.787. The molecule has 0 heterocycles. The summed E-state index contributed by atoms with van der Waals surface area (Å²) in [6, 6.07) is 5.74. The summed E-state index contributed by atoms with van der Waals surface area (Å²) in [5, 5.41) is 0. The Hall–Kier alpha value is -1.48. The lowest BCUT2D eigenvalue weighted by molar-refractivity contribution is 0.355. The molecule has 0 radical (unpaired) electrons. The van der Waals surface area contributed by atoms with Crippen LogP contribution in [0.25, 0.3) is 5.57 Å². The second-order valence-corrected chi connectivity index (χ2v) is 3.21. The van der Waals surface area contributed by atoms with E-state index in [1.54, 1.807) is 14.2 Å². The number of hydrogen-bond donors (Lipinski definition) is 1. The first-order valence-electron chi connectivity index (χ1n) is 4.83. The maximum absolute atomic E-state index is 5.48. The van der Waals surface area contributed by atoms with Crippen LogP contribution in [-0.4, -0.2) is 20.8 Å². The van der Waals surface area contributed by atoms with Crippen molar-refractivity contribution in [3.8, 4) is 11.5 Å². The van der Waals surface area contributed by atoms with E-state index in [-0.39, 0.29) is 0 Å². The Morgan fingerprint density at radius 1 is 1.27 bits per heavy atom. The molecule has 3 heteroatoms. The topological polar surface area (TPSA) is 44.5 Å². The zero-order valence-electron chi connectivity index (χ0n) is 9.25. The standard InChI is InChI=1S/C12H17NO2/c1-9(6-7-13)10-4-5-11(14-2)12(8-10)15-3/h4-5,8H,1,6-7,13H2,2-3H3. The summed E-state index contributed by atoms with van der Waals surface area (Å²) >= 11 is 0. The van der Waals surface area contributed by atoms with E-state index >= 15 is 0 Å². The molecule has 0 aliphatic rings. The second kappa shape index (κ2) is 5.41. The minimum Gasteiger partial charge on any atom is -0.493 e. The summed E-state index contributed by atoms with van der Waals surface area (Å²) in [5.41, 5.74) is 7.53. The molecule has 1 rings (SSSR count). The molecule has 2 N–H and O–H groups in total. The number of nitrogens with two attached hydrogens (primary N) is 1. The quantitative estimate of drug-likeness (QED) is 0.803. The molecule has 3 nitrogen and oxygen atoms in total. The Morgan fingerprint density at radius 2 is 1.93 bits per heavy atom. The minimum absolute atomic E-state index is 0.604. The van der Waals surface area contributed by atoms with Gasteiger partial charge >= 0.3 is 0 Å². The highest BCUT2D eigenvalue weighted by Gasteiger charge is 2.05. The van der Waals surface area contributed by atoms with Crippen LogP contribution in [0.15, 0.2) is 24.8 Å². The minimum atomic E-state index is 0.604. The normalized spacial score (nSPS) is 9.80. The Morgan fingerprint density at radius 3 is 2.47 bits per heavy atom. The van der Waals surface area contributed by atoms with Gasteiger partial charge in [0, 0.05) is 0 Å². The molecule has 82 valence electrons. The van der Waals surface area contributed by atoms with Crippen LogP contribution >= 0.6 is 0 Å². The number of methoxy groups -OCH3 is 2.